The summed E-state index contributed by atoms with van der Waals surface area (Å²) in [7, 11) is -4.27. The van der Waals surface area contributed by atoms with E-state index in [0.717, 1.165) is 25.7 Å². The van der Waals surface area contributed by atoms with Crippen LogP contribution in [0.3, 0.4) is 0 Å². The molecule has 3 N–H and O–H groups in total. The number of phosphoric acid groups is 1. The molecule has 0 aromatic rings. The van der Waals surface area contributed by atoms with Crippen LogP contribution < -0.4 is 0 Å². The van der Waals surface area contributed by atoms with Gasteiger partial charge in [0.15, 0.2) is 0 Å². The Balaban J connectivity index is 3.04. The Morgan fingerprint density at radius 2 is 0.541 bits per heavy atom. The maximum Gasteiger partial charge on any atom is 0.469 e. The molecule has 37 heavy (non-hydrogen) atoms. The van der Waals surface area contributed by atoms with Crippen molar-refractivity contribution in [3.05, 3.63) is 0 Å². The SMILES string of the molecule is O=P(O)(O)OCCCCCCCCCCCCCCCCCCCCCCCCCCCCCCCO. The summed E-state index contributed by atoms with van der Waals surface area (Å²) in [5.74, 6) is 0. The summed E-state index contributed by atoms with van der Waals surface area (Å²) in [4.78, 5) is 17.2. The standard InChI is InChI=1S/C31H65O5P/c32-30-28-26-24-22-20-18-16-14-12-10-8-6-4-2-1-3-5-7-9-11-13-15-17-19-21-23-25-27-29-31-36-37(33,34)35/h32H,1-31H2,(H2,33,34,35). The first-order valence-electron chi connectivity index (χ1n) is 16.4. The highest BCUT2D eigenvalue weighted by molar-refractivity contribution is 7.46. The summed E-state index contributed by atoms with van der Waals surface area (Å²) >= 11 is 0. The fourth-order valence-corrected chi connectivity index (χ4v) is 5.54. The van der Waals surface area contributed by atoms with E-state index in [2.05, 4.69) is 4.52 Å². The van der Waals surface area contributed by atoms with Gasteiger partial charge < -0.3 is 14.9 Å². The number of rotatable bonds is 32. The van der Waals surface area contributed by atoms with Crippen molar-refractivity contribution in [2.24, 2.45) is 0 Å². The van der Waals surface area contributed by atoms with Crippen molar-refractivity contribution < 1.29 is 24.0 Å². The largest absolute Gasteiger partial charge is 0.469 e. The zero-order chi connectivity index (χ0) is 27.1. The number of aliphatic hydroxyl groups excluding tert-OH is 1. The van der Waals surface area contributed by atoms with E-state index in [4.69, 9.17) is 14.9 Å². The Morgan fingerprint density at radius 3 is 0.730 bits per heavy atom. The molecule has 0 aliphatic heterocycles. The summed E-state index contributed by atoms with van der Waals surface area (Å²) in [6.45, 7) is 0.528. The predicted octanol–water partition coefficient (Wildman–Crippen LogP) is 10.4. The molecule has 0 atom stereocenters. The van der Waals surface area contributed by atoms with Crippen molar-refractivity contribution in [1.82, 2.24) is 0 Å². The summed E-state index contributed by atoms with van der Waals surface area (Å²) in [6.07, 6.45) is 38.5. The van der Waals surface area contributed by atoms with E-state index in [1.807, 2.05) is 0 Å². The predicted molar refractivity (Wildman–Crippen MR) is 159 cm³/mol. The molecule has 0 aliphatic rings. The van der Waals surface area contributed by atoms with Crippen molar-refractivity contribution in [2.45, 2.75) is 186 Å². The minimum absolute atomic E-state index is 0.167. The van der Waals surface area contributed by atoms with Gasteiger partial charge in [-0.1, -0.05) is 173 Å². The molecule has 0 aromatic heterocycles. The number of hydrogen-bond acceptors (Lipinski definition) is 3. The van der Waals surface area contributed by atoms with Crippen LogP contribution >= 0.6 is 7.82 Å². The molecule has 0 unspecified atom stereocenters. The van der Waals surface area contributed by atoms with Gasteiger partial charge in [-0.25, -0.2) is 4.57 Å². The molecule has 0 rings (SSSR count). The zero-order valence-corrected chi connectivity index (χ0v) is 25.4. The van der Waals surface area contributed by atoms with Crippen LogP contribution in [0.15, 0.2) is 0 Å². The summed E-state index contributed by atoms with van der Waals surface area (Å²) in [6, 6.07) is 0. The highest BCUT2D eigenvalue weighted by Gasteiger charge is 2.12. The van der Waals surface area contributed by atoms with Crippen molar-refractivity contribution in [2.75, 3.05) is 13.2 Å². The van der Waals surface area contributed by atoms with E-state index in [9.17, 15) is 4.57 Å². The third-order valence-electron chi connectivity index (χ3n) is 7.56. The second kappa shape index (κ2) is 30.6. The van der Waals surface area contributed by atoms with Gasteiger partial charge in [0.05, 0.1) is 6.61 Å². The Morgan fingerprint density at radius 1 is 0.351 bits per heavy atom. The molecule has 0 fully saturated rings. The minimum atomic E-state index is -4.27. The van der Waals surface area contributed by atoms with E-state index in [1.54, 1.807) is 0 Å². The molecular formula is C31H65O5P. The van der Waals surface area contributed by atoms with Gasteiger partial charge in [0.1, 0.15) is 0 Å². The molecule has 0 heterocycles. The topological polar surface area (TPSA) is 87.0 Å². The number of hydrogen-bond donors (Lipinski definition) is 3. The van der Waals surface area contributed by atoms with E-state index in [1.165, 1.54) is 161 Å². The average Bonchev–Trinajstić information content (AvgIpc) is 2.86. The Bertz CT molecular complexity index is 469. The van der Waals surface area contributed by atoms with E-state index < -0.39 is 7.82 Å². The van der Waals surface area contributed by atoms with Gasteiger partial charge >= 0.3 is 7.82 Å². The lowest BCUT2D eigenvalue weighted by molar-refractivity contribution is 0.193. The van der Waals surface area contributed by atoms with E-state index in [-0.39, 0.29) is 6.61 Å². The quantitative estimate of drug-likeness (QED) is 0.0575. The molecular weight excluding hydrogens is 483 g/mol. The van der Waals surface area contributed by atoms with Gasteiger partial charge in [0, 0.05) is 6.61 Å². The smallest absolute Gasteiger partial charge is 0.396 e. The van der Waals surface area contributed by atoms with Crippen molar-refractivity contribution in [1.29, 1.82) is 0 Å². The lowest BCUT2D eigenvalue weighted by Crippen LogP contribution is -1.92. The Hall–Kier alpha value is 0.0700. The number of aliphatic hydroxyl groups is 1. The van der Waals surface area contributed by atoms with Crippen LogP contribution in [0.4, 0.5) is 0 Å². The van der Waals surface area contributed by atoms with E-state index >= 15 is 0 Å². The minimum Gasteiger partial charge on any atom is -0.396 e. The molecule has 0 aliphatic carbocycles. The Labute approximate surface area is 231 Å². The van der Waals surface area contributed by atoms with Crippen molar-refractivity contribution in [3.8, 4) is 0 Å². The van der Waals surface area contributed by atoms with Gasteiger partial charge in [-0.2, -0.15) is 0 Å². The van der Waals surface area contributed by atoms with Gasteiger partial charge in [-0.3, -0.25) is 4.52 Å². The maximum absolute atomic E-state index is 10.6. The highest BCUT2D eigenvalue weighted by atomic mass is 31.2. The van der Waals surface area contributed by atoms with Gasteiger partial charge in [0.2, 0.25) is 0 Å². The monoisotopic (exact) mass is 548 g/mol. The van der Waals surface area contributed by atoms with Gasteiger partial charge in [0.25, 0.3) is 0 Å². The second-order valence-electron chi connectivity index (χ2n) is 11.3. The molecule has 0 spiro atoms. The average molecular weight is 549 g/mol. The molecule has 6 heteroatoms. The fourth-order valence-electron chi connectivity index (χ4n) is 5.17. The van der Waals surface area contributed by atoms with Crippen molar-refractivity contribution in [3.63, 3.8) is 0 Å². The molecule has 0 amide bonds. The van der Waals surface area contributed by atoms with Gasteiger partial charge in [-0.15, -0.1) is 0 Å². The van der Waals surface area contributed by atoms with Crippen LogP contribution in [-0.4, -0.2) is 28.1 Å². The third kappa shape index (κ3) is 36.1. The van der Waals surface area contributed by atoms with Crippen LogP contribution in [0.1, 0.15) is 186 Å². The van der Waals surface area contributed by atoms with Gasteiger partial charge in [-0.05, 0) is 12.8 Å². The third-order valence-corrected chi connectivity index (χ3v) is 8.08. The molecule has 0 saturated carbocycles. The lowest BCUT2D eigenvalue weighted by atomic mass is 10.0. The van der Waals surface area contributed by atoms with E-state index in [0.29, 0.717) is 6.61 Å². The molecule has 0 aromatic carbocycles. The van der Waals surface area contributed by atoms with Crippen LogP contribution in [0.2, 0.25) is 0 Å². The molecule has 0 saturated heterocycles. The lowest BCUT2D eigenvalue weighted by Gasteiger charge is -2.05. The van der Waals surface area contributed by atoms with Crippen LogP contribution in [-0.2, 0) is 9.09 Å². The Kier molecular flexibility index (Phi) is 30.7. The summed E-state index contributed by atoms with van der Waals surface area (Å²) < 4.78 is 15.0. The maximum atomic E-state index is 10.6. The molecule has 5 nitrogen and oxygen atoms in total. The second-order valence-corrected chi connectivity index (χ2v) is 12.5. The first-order chi connectivity index (χ1) is 18.1. The number of unbranched alkanes of at least 4 members (excludes halogenated alkanes) is 28. The first kappa shape index (κ1) is 37.1. The highest BCUT2D eigenvalue weighted by Crippen LogP contribution is 2.35. The fraction of sp³-hybridized carbons (Fsp3) is 1.00. The van der Waals surface area contributed by atoms with Crippen LogP contribution in [0.25, 0.3) is 0 Å². The van der Waals surface area contributed by atoms with Crippen LogP contribution in [0.5, 0.6) is 0 Å². The zero-order valence-electron chi connectivity index (χ0n) is 24.5. The normalized spacial score (nSPS) is 12.0. The molecule has 0 radical (unpaired) electrons. The summed E-state index contributed by atoms with van der Waals surface area (Å²) in [5, 5.41) is 8.77. The van der Waals surface area contributed by atoms with Crippen LogP contribution in [0, 0.1) is 0 Å². The van der Waals surface area contributed by atoms with Crippen molar-refractivity contribution >= 4 is 7.82 Å². The summed E-state index contributed by atoms with van der Waals surface area (Å²) in [5.41, 5.74) is 0. The molecule has 224 valence electrons. The number of phosphoric ester groups is 1. The molecule has 0 bridgehead atoms. The first-order valence-corrected chi connectivity index (χ1v) is 17.9.